The molecule has 1 aromatic carbocycles. The number of aryl methyl sites for hydroxylation is 2. The van der Waals surface area contributed by atoms with Crippen LogP contribution in [0.5, 0.6) is 0 Å². The Bertz CT molecular complexity index is 936. The van der Waals surface area contributed by atoms with Gasteiger partial charge in [-0.2, -0.15) is 10.1 Å². The first-order valence-electron chi connectivity index (χ1n) is 7.85. The number of ether oxygens (including phenoxy) is 1. The molecular formula is C17H20N4O2S. The van der Waals surface area contributed by atoms with E-state index in [0.717, 1.165) is 15.9 Å². The average molecular weight is 344 g/mol. The van der Waals surface area contributed by atoms with Gasteiger partial charge in [0, 0.05) is 20.2 Å². The van der Waals surface area contributed by atoms with Crippen molar-refractivity contribution in [1.29, 1.82) is 0 Å². The molecule has 0 saturated carbocycles. The second-order valence-electron chi connectivity index (χ2n) is 5.40. The largest absolute Gasteiger partial charge is 0.383 e. The molecule has 0 aliphatic heterocycles. The Labute approximate surface area is 144 Å². The van der Waals surface area contributed by atoms with Crippen molar-refractivity contribution < 1.29 is 9.53 Å². The van der Waals surface area contributed by atoms with Gasteiger partial charge in [0.25, 0.3) is 5.91 Å². The Morgan fingerprint density at radius 1 is 1.38 bits per heavy atom. The van der Waals surface area contributed by atoms with E-state index in [1.54, 1.807) is 17.9 Å². The van der Waals surface area contributed by atoms with Gasteiger partial charge in [0.2, 0.25) is 0 Å². The molecule has 3 rings (SSSR count). The number of para-hydroxylation sites is 1. The van der Waals surface area contributed by atoms with Crippen LogP contribution in [0.1, 0.15) is 23.1 Å². The van der Waals surface area contributed by atoms with Crippen LogP contribution in [-0.2, 0) is 17.8 Å². The highest BCUT2D eigenvalue weighted by Crippen LogP contribution is 2.17. The highest BCUT2D eigenvalue weighted by molar-refractivity contribution is 7.16. The second kappa shape index (κ2) is 7.11. The maximum atomic E-state index is 12.6. The number of rotatable bonds is 5. The third kappa shape index (κ3) is 3.18. The van der Waals surface area contributed by atoms with Gasteiger partial charge in [-0.1, -0.05) is 23.5 Å². The number of amides is 1. The molecule has 0 aliphatic rings. The van der Waals surface area contributed by atoms with Crippen molar-refractivity contribution in [3.63, 3.8) is 0 Å². The SMILES string of the molecule is CCn1nc(C)cc1C(=O)N=c1sc2ccccc2n1CCOC. The van der Waals surface area contributed by atoms with Crippen LogP contribution in [0.25, 0.3) is 10.2 Å². The Kier molecular flexibility index (Phi) is 4.92. The topological polar surface area (TPSA) is 61.4 Å². The summed E-state index contributed by atoms with van der Waals surface area (Å²) in [6.45, 7) is 5.69. The molecule has 0 N–H and O–H groups in total. The fourth-order valence-corrected chi connectivity index (χ4v) is 3.66. The van der Waals surface area contributed by atoms with Crippen LogP contribution in [0.3, 0.4) is 0 Å². The lowest BCUT2D eigenvalue weighted by Crippen LogP contribution is -2.20. The zero-order valence-electron chi connectivity index (χ0n) is 14.0. The fourth-order valence-electron chi connectivity index (χ4n) is 2.61. The summed E-state index contributed by atoms with van der Waals surface area (Å²) in [5.41, 5.74) is 2.40. The van der Waals surface area contributed by atoms with Gasteiger partial charge in [0.1, 0.15) is 5.69 Å². The molecule has 0 spiro atoms. The van der Waals surface area contributed by atoms with Crippen LogP contribution in [0.4, 0.5) is 0 Å². The molecular weight excluding hydrogens is 324 g/mol. The van der Waals surface area contributed by atoms with Crippen LogP contribution in [0, 0.1) is 6.92 Å². The summed E-state index contributed by atoms with van der Waals surface area (Å²) >= 11 is 1.51. The summed E-state index contributed by atoms with van der Waals surface area (Å²) < 4.78 is 10.0. The number of methoxy groups -OCH3 is 1. The Morgan fingerprint density at radius 2 is 2.17 bits per heavy atom. The smallest absolute Gasteiger partial charge is 0.297 e. The van der Waals surface area contributed by atoms with Gasteiger partial charge < -0.3 is 9.30 Å². The number of fused-ring (bicyclic) bond motifs is 1. The maximum absolute atomic E-state index is 12.6. The number of nitrogens with zero attached hydrogens (tertiary/aromatic N) is 4. The molecule has 0 bridgehead atoms. The predicted molar refractivity (Wildman–Crippen MR) is 94.2 cm³/mol. The number of thiazole rings is 1. The van der Waals surface area contributed by atoms with Gasteiger partial charge in [-0.25, -0.2) is 0 Å². The minimum absolute atomic E-state index is 0.268. The molecule has 2 heterocycles. The third-order valence-electron chi connectivity index (χ3n) is 3.73. The molecule has 1 amide bonds. The van der Waals surface area contributed by atoms with Gasteiger partial charge in [0.15, 0.2) is 4.80 Å². The summed E-state index contributed by atoms with van der Waals surface area (Å²) in [5.74, 6) is -0.268. The maximum Gasteiger partial charge on any atom is 0.297 e. The molecule has 0 unspecified atom stereocenters. The predicted octanol–water partition coefficient (Wildman–Crippen LogP) is 2.62. The zero-order chi connectivity index (χ0) is 17.1. The van der Waals surface area contributed by atoms with E-state index < -0.39 is 0 Å². The zero-order valence-corrected chi connectivity index (χ0v) is 14.8. The summed E-state index contributed by atoms with van der Waals surface area (Å²) in [6, 6.07) is 9.82. The van der Waals surface area contributed by atoms with Crippen LogP contribution in [0.15, 0.2) is 35.3 Å². The van der Waals surface area contributed by atoms with E-state index in [1.165, 1.54) is 11.3 Å². The lowest BCUT2D eigenvalue weighted by Gasteiger charge is -2.04. The summed E-state index contributed by atoms with van der Waals surface area (Å²) in [5, 5.41) is 4.32. The van der Waals surface area contributed by atoms with Gasteiger partial charge in [0.05, 0.1) is 22.5 Å². The monoisotopic (exact) mass is 344 g/mol. The van der Waals surface area contributed by atoms with E-state index >= 15 is 0 Å². The van der Waals surface area contributed by atoms with Crippen LogP contribution in [-0.4, -0.2) is 34.0 Å². The van der Waals surface area contributed by atoms with Crippen LogP contribution in [0.2, 0.25) is 0 Å². The summed E-state index contributed by atoms with van der Waals surface area (Å²) in [6.07, 6.45) is 0. The lowest BCUT2D eigenvalue weighted by molar-refractivity contribution is 0.0987. The molecule has 0 radical (unpaired) electrons. The van der Waals surface area contributed by atoms with Crippen LogP contribution >= 0.6 is 11.3 Å². The van der Waals surface area contributed by atoms with Crippen LogP contribution < -0.4 is 4.80 Å². The Hall–Kier alpha value is -2.25. The average Bonchev–Trinajstić information content (AvgIpc) is 3.13. The fraction of sp³-hybridized carbons (Fsp3) is 0.353. The molecule has 0 fully saturated rings. The first kappa shape index (κ1) is 16.6. The molecule has 0 saturated heterocycles. The van der Waals surface area contributed by atoms with E-state index in [0.29, 0.717) is 30.2 Å². The lowest BCUT2D eigenvalue weighted by atomic mass is 10.3. The molecule has 6 nitrogen and oxygen atoms in total. The minimum Gasteiger partial charge on any atom is -0.383 e. The third-order valence-corrected chi connectivity index (χ3v) is 4.78. The van der Waals surface area contributed by atoms with Crippen molar-refractivity contribution >= 4 is 27.5 Å². The number of carbonyl (C=O) groups is 1. The Balaban J connectivity index is 2.10. The van der Waals surface area contributed by atoms with Crippen molar-refractivity contribution in [3.8, 4) is 0 Å². The quantitative estimate of drug-likeness (QED) is 0.715. The molecule has 3 aromatic rings. The second-order valence-corrected chi connectivity index (χ2v) is 6.41. The van der Waals surface area contributed by atoms with Crippen molar-refractivity contribution in [2.45, 2.75) is 26.9 Å². The van der Waals surface area contributed by atoms with Gasteiger partial charge >= 0.3 is 0 Å². The standard InChI is InChI=1S/C17H20N4O2S/c1-4-21-14(11-12(2)19-21)16(22)18-17-20(9-10-23-3)13-7-5-6-8-15(13)24-17/h5-8,11H,4,9-10H2,1-3H3. The Morgan fingerprint density at radius 3 is 2.92 bits per heavy atom. The molecule has 0 aliphatic carbocycles. The normalized spacial score (nSPS) is 12.2. The summed E-state index contributed by atoms with van der Waals surface area (Å²) in [7, 11) is 1.67. The summed E-state index contributed by atoms with van der Waals surface area (Å²) in [4.78, 5) is 17.7. The number of benzene rings is 1. The molecule has 126 valence electrons. The van der Waals surface area contributed by atoms with Gasteiger partial charge in [-0.15, -0.1) is 0 Å². The molecule has 0 atom stereocenters. The van der Waals surface area contributed by atoms with Crippen molar-refractivity contribution in [2.75, 3.05) is 13.7 Å². The van der Waals surface area contributed by atoms with Gasteiger partial charge in [-0.3, -0.25) is 9.48 Å². The first-order chi connectivity index (χ1) is 11.6. The van der Waals surface area contributed by atoms with E-state index in [-0.39, 0.29) is 5.91 Å². The van der Waals surface area contributed by atoms with Crippen molar-refractivity contribution in [2.24, 2.45) is 4.99 Å². The molecule has 7 heteroatoms. The molecule has 2 aromatic heterocycles. The van der Waals surface area contributed by atoms with E-state index in [9.17, 15) is 4.79 Å². The van der Waals surface area contributed by atoms with Crippen molar-refractivity contribution in [1.82, 2.24) is 14.3 Å². The van der Waals surface area contributed by atoms with Crippen molar-refractivity contribution in [3.05, 3.63) is 46.5 Å². The highest BCUT2D eigenvalue weighted by atomic mass is 32.1. The number of carbonyl (C=O) groups excluding carboxylic acids is 1. The number of hydrogen-bond acceptors (Lipinski definition) is 4. The minimum atomic E-state index is -0.268. The first-order valence-corrected chi connectivity index (χ1v) is 8.66. The van der Waals surface area contributed by atoms with E-state index in [4.69, 9.17) is 4.74 Å². The van der Waals surface area contributed by atoms with Gasteiger partial charge in [-0.05, 0) is 32.0 Å². The van der Waals surface area contributed by atoms with E-state index in [1.807, 2.05) is 42.7 Å². The number of hydrogen-bond donors (Lipinski definition) is 0. The molecule has 24 heavy (non-hydrogen) atoms. The van der Waals surface area contributed by atoms with E-state index in [2.05, 4.69) is 10.1 Å². The number of aromatic nitrogens is 3. The highest BCUT2D eigenvalue weighted by Gasteiger charge is 2.14.